The molecule has 1 aromatic rings. The third kappa shape index (κ3) is 2.46. The standard InChI is InChI=1S/C13H15NO3/c1-9-3-5-10(6-4-9)17-11-7-8-12(15)14(2)13(11)16/h3-6,11H,7-8H2,1-2H3. The summed E-state index contributed by atoms with van der Waals surface area (Å²) in [6.07, 6.45) is 0.273. The number of nitrogens with zero attached hydrogens (tertiary/aromatic N) is 1. The van der Waals surface area contributed by atoms with Gasteiger partial charge in [0.15, 0.2) is 6.10 Å². The van der Waals surface area contributed by atoms with Gasteiger partial charge in [0.25, 0.3) is 5.91 Å². The van der Waals surface area contributed by atoms with Gasteiger partial charge in [-0.1, -0.05) is 17.7 Å². The molecule has 0 spiro atoms. The zero-order chi connectivity index (χ0) is 12.4. The van der Waals surface area contributed by atoms with E-state index in [9.17, 15) is 9.59 Å². The van der Waals surface area contributed by atoms with E-state index in [2.05, 4.69) is 0 Å². The first-order valence-corrected chi connectivity index (χ1v) is 5.61. The van der Waals surface area contributed by atoms with Crippen LogP contribution in [-0.4, -0.2) is 29.9 Å². The van der Waals surface area contributed by atoms with E-state index in [4.69, 9.17) is 4.74 Å². The summed E-state index contributed by atoms with van der Waals surface area (Å²) < 4.78 is 5.60. The summed E-state index contributed by atoms with van der Waals surface area (Å²) >= 11 is 0. The minimum atomic E-state index is -0.541. The molecule has 2 amide bonds. The number of ether oxygens (including phenoxy) is 1. The summed E-state index contributed by atoms with van der Waals surface area (Å²) in [4.78, 5) is 24.2. The van der Waals surface area contributed by atoms with Gasteiger partial charge < -0.3 is 4.74 Å². The summed E-state index contributed by atoms with van der Waals surface area (Å²) in [5, 5.41) is 0. The third-order valence-corrected chi connectivity index (χ3v) is 2.90. The number of likely N-dealkylation sites (tertiary alicyclic amines) is 1. The molecular weight excluding hydrogens is 218 g/mol. The van der Waals surface area contributed by atoms with Gasteiger partial charge in [-0.25, -0.2) is 0 Å². The molecule has 0 N–H and O–H groups in total. The molecular formula is C13H15NO3. The second-order valence-corrected chi connectivity index (χ2v) is 4.25. The number of piperidine rings is 1. The number of hydrogen-bond donors (Lipinski definition) is 0. The van der Waals surface area contributed by atoms with Crippen LogP contribution in [-0.2, 0) is 9.59 Å². The van der Waals surface area contributed by atoms with Crippen LogP contribution in [0.2, 0.25) is 0 Å². The van der Waals surface area contributed by atoms with Gasteiger partial charge in [0.1, 0.15) is 5.75 Å². The second-order valence-electron chi connectivity index (χ2n) is 4.25. The number of likely N-dealkylation sites (N-methyl/N-ethyl adjacent to an activating group) is 1. The Morgan fingerprint density at radius 3 is 2.53 bits per heavy atom. The number of amides is 2. The van der Waals surface area contributed by atoms with Crippen molar-refractivity contribution in [2.75, 3.05) is 7.05 Å². The highest BCUT2D eigenvalue weighted by Crippen LogP contribution is 2.19. The molecule has 4 nitrogen and oxygen atoms in total. The molecule has 0 aromatic heterocycles. The van der Waals surface area contributed by atoms with Crippen LogP contribution in [0.4, 0.5) is 0 Å². The van der Waals surface area contributed by atoms with Crippen molar-refractivity contribution < 1.29 is 14.3 Å². The molecule has 4 heteroatoms. The summed E-state index contributed by atoms with van der Waals surface area (Å²) in [6.45, 7) is 1.99. The average molecular weight is 233 g/mol. The number of rotatable bonds is 2. The predicted octanol–water partition coefficient (Wildman–Crippen LogP) is 1.52. The summed E-state index contributed by atoms with van der Waals surface area (Å²) in [7, 11) is 1.50. The highest BCUT2D eigenvalue weighted by atomic mass is 16.5. The summed E-state index contributed by atoms with van der Waals surface area (Å²) in [5.41, 5.74) is 1.14. The lowest BCUT2D eigenvalue weighted by Crippen LogP contribution is -2.47. The van der Waals surface area contributed by atoms with E-state index in [0.29, 0.717) is 18.6 Å². The fourth-order valence-electron chi connectivity index (χ4n) is 1.78. The van der Waals surface area contributed by atoms with Crippen molar-refractivity contribution in [2.45, 2.75) is 25.9 Å². The monoisotopic (exact) mass is 233 g/mol. The van der Waals surface area contributed by atoms with E-state index >= 15 is 0 Å². The Kier molecular flexibility index (Phi) is 3.13. The van der Waals surface area contributed by atoms with Gasteiger partial charge in [-0.2, -0.15) is 0 Å². The molecule has 1 unspecified atom stereocenters. The van der Waals surface area contributed by atoms with E-state index in [1.54, 1.807) is 0 Å². The lowest BCUT2D eigenvalue weighted by molar-refractivity contribution is -0.152. The van der Waals surface area contributed by atoms with Gasteiger partial charge in [0.05, 0.1) is 0 Å². The zero-order valence-corrected chi connectivity index (χ0v) is 9.97. The molecule has 1 heterocycles. The minimum absolute atomic E-state index is 0.140. The third-order valence-electron chi connectivity index (χ3n) is 2.90. The van der Waals surface area contributed by atoms with E-state index < -0.39 is 6.10 Å². The van der Waals surface area contributed by atoms with Crippen molar-refractivity contribution in [3.05, 3.63) is 29.8 Å². The fourth-order valence-corrected chi connectivity index (χ4v) is 1.78. The molecule has 0 radical (unpaired) electrons. The number of aryl methyl sites for hydroxylation is 1. The SMILES string of the molecule is Cc1ccc(OC2CCC(=O)N(C)C2=O)cc1. The molecule has 1 saturated heterocycles. The first-order valence-electron chi connectivity index (χ1n) is 5.61. The molecule has 90 valence electrons. The van der Waals surface area contributed by atoms with Gasteiger partial charge in [-0.3, -0.25) is 14.5 Å². The van der Waals surface area contributed by atoms with Crippen LogP contribution in [0.25, 0.3) is 0 Å². The molecule has 17 heavy (non-hydrogen) atoms. The van der Waals surface area contributed by atoms with Crippen LogP contribution in [0.3, 0.4) is 0 Å². The minimum Gasteiger partial charge on any atom is -0.481 e. The summed E-state index contributed by atoms with van der Waals surface area (Å²) in [5.74, 6) is 0.261. The number of imide groups is 1. The van der Waals surface area contributed by atoms with Gasteiger partial charge in [0, 0.05) is 19.9 Å². The Labute approximate surface area is 100 Å². The van der Waals surface area contributed by atoms with Crippen molar-refractivity contribution in [1.82, 2.24) is 4.90 Å². The normalized spacial score (nSPS) is 20.6. The quantitative estimate of drug-likeness (QED) is 0.728. The first-order chi connectivity index (χ1) is 8.08. The first kappa shape index (κ1) is 11.6. The Balaban J connectivity index is 2.06. The molecule has 1 atom stereocenters. The Morgan fingerprint density at radius 1 is 1.24 bits per heavy atom. The second kappa shape index (κ2) is 4.57. The highest BCUT2D eigenvalue weighted by Gasteiger charge is 2.33. The largest absolute Gasteiger partial charge is 0.481 e. The van der Waals surface area contributed by atoms with Gasteiger partial charge in [-0.05, 0) is 19.1 Å². The van der Waals surface area contributed by atoms with Crippen LogP contribution in [0.5, 0.6) is 5.75 Å². The van der Waals surface area contributed by atoms with Gasteiger partial charge in [0.2, 0.25) is 5.91 Å². The van der Waals surface area contributed by atoms with E-state index in [0.717, 1.165) is 10.5 Å². The molecule has 1 fully saturated rings. The van der Waals surface area contributed by atoms with Crippen molar-refractivity contribution >= 4 is 11.8 Å². The van der Waals surface area contributed by atoms with Gasteiger partial charge in [-0.15, -0.1) is 0 Å². The van der Waals surface area contributed by atoms with Crippen molar-refractivity contribution in [3.8, 4) is 5.75 Å². The fraction of sp³-hybridized carbons (Fsp3) is 0.385. The Bertz CT molecular complexity index is 438. The molecule has 1 aliphatic rings. The highest BCUT2D eigenvalue weighted by molar-refractivity contribution is 5.99. The number of benzene rings is 1. The summed E-state index contributed by atoms with van der Waals surface area (Å²) in [6, 6.07) is 7.52. The van der Waals surface area contributed by atoms with Crippen LogP contribution in [0, 0.1) is 6.92 Å². The molecule has 0 saturated carbocycles. The topological polar surface area (TPSA) is 46.6 Å². The van der Waals surface area contributed by atoms with E-state index in [1.165, 1.54) is 7.05 Å². The van der Waals surface area contributed by atoms with E-state index in [-0.39, 0.29) is 11.8 Å². The Morgan fingerprint density at radius 2 is 1.88 bits per heavy atom. The number of hydrogen-bond acceptors (Lipinski definition) is 3. The van der Waals surface area contributed by atoms with Crippen LogP contribution in [0.1, 0.15) is 18.4 Å². The lowest BCUT2D eigenvalue weighted by atomic mass is 10.1. The van der Waals surface area contributed by atoms with Gasteiger partial charge >= 0.3 is 0 Å². The molecule has 1 aliphatic heterocycles. The lowest BCUT2D eigenvalue weighted by Gasteiger charge is -2.27. The predicted molar refractivity (Wildman–Crippen MR) is 62.6 cm³/mol. The maximum Gasteiger partial charge on any atom is 0.269 e. The van der Waals surface area contributed by atoms with E-state index in [1.807, 2.05) is 31.2 Å². The number of carbonyl (C=O) groups is 2. The smallest absolute Gasteiger partial charge is 0.269 e. The maximum atomic E-state index is 11.8. The number of carbonyl (C=O) groups excluding carboxylic acids is 2. The average Bonchev–Trinajstić information content (AvgIpc) is 2.33. The Hall–Kier alpha value is -1.84. The molecule has 0 aliphatic carbocycles. The van der Waals surface area contributed by atoms with Crippen molar-refractivity contribution in [1.29, 1.82) is 0 Å². The van der Waals surface area contributed by atoms with Crippen LogP contribution < -0.4 is 4.74 Å². The molecule has 2 rings (SSSR count). The maximum absolute atomic E-state index is 11.8. The zero-order valence-electron chi connectivity index (χ0n) is 9.97. The van der Waals surface area contributed by atoms with Crippen molar-refractivity contribution in [3.63, 3.8) is 0 Å². The van der Waals surface area contributed by atoms with Crippen LogP contribution >= 0.6 is 0 Å². The molecule has 1 aromatic carbocycles. The molecule has 0 bridgehead atoms. The van der Waals surface area contributed by atoms with Crippen LogP contribution in [0.15, 0.2) is 24.3 Å². The van der Waals surface area contributed by atoms with Crippen molar-refractivity contribution in [2.24, 2.45) is 0 Å².